The van der Waals surface area contributed by atoms with Crippen LogP contribution in [0.1, 0.15) is 30.4 Å². The summed E-state index contributed by atoms with van der Waals surface area (Å²) in [5, 5.41) is 3.34. The van der Waals surface area contributed by atoms with Crippen LogP contribution >= 0.6 is 0 Å². The minimum absolute atomic E-state index is 0.597. The lowest BCUT2D eigenvalue weighted by atomic mass is 10.0. The van der Waals surface area contributed by atoms with Gasteiger partial charge in [0, 0.05) is 11.6 Å². The van der Waals surface area contributed by atoms with Crippen LogP contribution in [0.3, 0.4) is 0 Å². The van der Waals surface area contributed by atoms with E-state index in [-0.39, 0.29) is 0 Å². The summed E-state index contributed by atoms with van der Waals surface area (Å²) in [7, 11) is 0. The molecule has 0 saturated carbocycles. The van der Waals surface area contributed by atoms with Gasteiger partial charge in [-0.1, -0.05) is 30.3 Å². The van der Waals surface area contributed by atoms with Crippen molar-refractivity contribution in [3.05, 3.63) is 59.7 Å². The molecule has 2 aromatic carbocycles. The van der Waals surface area contributed by atoms with Gasteiger partial charge in [-0.25, -0.2) is 0 Å². The second-order valence-electron chi connectivity index (χ2n) is 6.62. The average molecular weight is 340 g/mol. The molecule has 4 rings (SSSR count). The molecular formula is C21H28N2O2. The maximum Gasteiger partial charge on any atom is 0.130 e. The molecule has 134 valence electrons. The highest BCUT2D eigenvalue weighted by molar-refractivity contribution is 5.44. The lowest BCUT2D eigenvalue weighted by Crippen LogP contribution is -2.10. The maximum absolute atomic E-state index is 5.68. The Balaban J connectivity index is 0.000000173. The summed E-state index contributed by atoms with van der Waals surface area (Å²) in [6.07, 6.45) is 3.88. The lowest BCUT2D eigenvalue weighted by Gasteiger charge is -2.20. The third-order valence-electron chi connectivity index (χ3n) is 4.65. The van der Waals surface area contributed by atoms with Crippen LogP contribution in [-0.2, 0) is 13.2 Å². The zero-order valence-corrected chi connectivity index (χ0v) is 14.7. The normalized spacial score (nSPS) is 17.6. The molecule has 0 aliphatic carbocycles. The van der Waals surface area contributed by atoms with E-state index in [1.807, 2.05) is 30.3 Å². The first-order chi connectivity index (χ1) is 12.3. The van der Waals surface area contributed by atoms with Crippen LogP contribution in [0.25, 0.3) is 0 Å². The van der Waals surface area contributed by atoms with Crippen molar-refractivity contribution in [3.8, 4) is 11.5 Å². The summed E-state index contributed by atoms with van der Waals surface area (Å²) >= 11 is 0. The number of rotatable bonds is 6. The summed E-state index contributed by atoms with van der Waals surface area (Å²) in [4.78, 5) is 0. The Labute approximate surface area is 150 Å². The highest BCUT2D eigenvalue weighted by atomic mass is 16.5. The predicted molar refractivity (Wildman–Crippen MR) is 101 cm³/mol. The smallest absolute Gasteiger partial charge is 0.130 e. The molecule has 1 unspecified atom stereocenters. The van der Waals surface area contributed by atoms with E-state index >= 15 is 0 Å². The number of hydrogen-bond acceptors (Lipinski definition) is 4. The van der Waals surface area contributed by atoms with Gasteiger partial charge in [0.2, 0.25) is 0 Å². The van der Waals surface area contributed by atoms with Gasteiger partial charge in [0.05, 0.1) is 0 Å². The quantitative estimate of drug-likeness (QED) is 0.845. The molecule has 4 nitrogen and oxygen atoms in total. The van der Waals surface area contributed by atoms with Crippen molar-refractivity contribution >= 4 is 0 Å². The highest BCUT2D eigenvalue weighted by Gasteiger charge is 2.14. The van der Waals surface area contributed by atoms with Crippen molar-refractivity contribution in [2.75, 3.05) is 19.6 Å². The minimum atomic E-state index is 0.597. The molecule has 0 amide bonds. The van der Waals surface area contributed by atoms with Gasteiger partial charge in [0.1, 0.15) is 24.7 Å². The Hall–Kier alpha value is -2.04. The monoisotopic (exact) mass is 340 g/mol. The molecule has 2 aliphatic heterocycles. The first-order valence-electron chi connectivity index (χ1n) is 9.18. The molecule has 2 heterocycles. The van der Waals surface area contributed by atoms with E-state index in [0.717, 1.165) is 30.6 Å². The van der Waals surface area contributed by atoms with Gasteiger partial charge in [-0.15, -0.1) is 0 Å². The van der Waals surface area contributed by atoms with Gasteiger partial charge >= 0.3 is 0 Å². The van der Waals surface area contributed by atoms with Crippen LogP contribution in [0.15, 0.2) is 48.5 Å². The third kappa shape index (κ3) is 5.48. The number of nitrogens with two attached hydrogens (primary N) is 1. The molecule has 2 aromatic rings. The van der Waals surface area contributed by atoms with Crippen LogP contribution < -0.4 is 20.5 Å². The van der Waals surface area contributed by atoms with Crippen molar-refractivity contribution in [2.24, 2.45) is 11.7 Å². The summed E-state index contributed by atoms with van der Waals surface area (Å²) in [6.45, 7) is 4.62. The third-order valence-corrected chi connectivity index (χ3v) is 4.65. The van der Waals surface area contributed by atoms with Gasteiger partial charge in [0.15, 0.2) is 0 Å². The first kappa shape index (κ1) is 17.8. The van der Waals surface area contributed by atoms with Gasteiger partial charge in [-0.05, 0) is 62.5 Å². The molecule has 4 heteroatoms. The molecule has 2 aliphatic rings. The SMILES string of the molecule is NCCCC1CCNC1.c1ccc(COc2ccc3c(c2)OC3)cc1. The van der Waals surface area contributed by atoms with E-state index in [1.165, 1.54) is 43.5 Å². The molecule has 0 bridgehead atoms. The van der Waals surface area contributed by atoms with Crippen LogP contribution in [0.5, 0.6) is 11.5 Å². The summed E-state index contributed by atoms with van der Waals surface area (Å²) in [5.41, 5.74) is 7.82. The number of ether oxygens (including phenoxy) is 2. The lowest BCUT2D eigenvalue weighted by molar-refractivity contribution is 0.238. The van der Waals surface area contributed by atoms with Gasteiger partial charge in [-0.2, -0.15) is 0 Å². The Kier molecular flexibility index (Phi) is 6.71. The highest BCUT2D eigenvalue weighted by Crippen LogP contribution is 2.32. The van der Waals surface area contributed by atoms with Crippen molar-refractivity contribution in [3.63, 3.8) is 0 Å². The number of fused-ring (bicyclic) bond motifs is 1. The number of hydrogen-bond donors (Lipinski definition) is 2. The second-order valence-corrected chi connectivity index (χ2v) is 6.62. The molecule has 1 saturated heterocycles. The zero-order valence-electron chi connectivity index (χ0n) is 14.7. The molecule has 0 aromatic heterocycles. The summed E-state index contributed by atoms with van der Waals surface area (Å²) in [6, 6.07) is 16.1. The zero-order chi connectivity index (χ0) is 17.3. The standard InChI is InChI=1S/C14H12O2.C7H16N2/c1-2-4-11(5-3-1)9-15-13-7-6-12-10-16-14(12)8-13;8-4-1-2-7-3-5-9-6-7/h1-8H,9-10H2;7,9H,1-6,8H2. The molecule has 1 fully saturated rings. The summed E-state index contributed by atoms with van der Waals surface area (Å²) < 4.78 is 11.0. The van der Waals surface area contributed by atoms with Crippen LogP contribution in [0.2, 0.25) is 0 Å². The topological polar surface area (TPSA) is 56.5 Å². The van der Waals surface area contributed by atoms with E-state index in [2.05, 4.69) is 23.5 Å². The van der Waals surface area contributed by atoms with E-state index < -0.39 is 0 Å². The number of nitrogens with one attached hydrogen (secondary N) is 1. The predicted octanol–water partition coefficient (Wildman–Crippen LogP) is 3.49. The maximum atomic E-state index is 5.68. The van der Waals surface area contributed by atoms with Crippen molar-refractivity contribution in [1.29, 1.82) is 0 Å². The van der Waals surface area contributed by atoms with Gasteiger partial charge in [0.25, 0.3) is 0 Å². The van der Waals surface area contributed by atoms with Crippen LogP contribution in [0, 0.1) is 5.92 Å². The Morgan fingerprint density at radius 1 is 1.16 bits per heavy atom. The van der Waals surface area contributed by atoms with Crippen molar-refractivity contribution in [1.82, 2.24) is 5.32 Å². The Morgan fingerprint density at radius 3 is 2.68 bits per heavy atom. The first-order valence-corrected chi connectivity index (χ1v) is 9.18. The number of benzene rings is 2. The van der Waals surface area contributed by atoms with Crippen molar-refractivity contribution in [2.45, 2.75) is 32.5 Å². The van der Waals surface area contributed by atoms with Crippen LogP contribution in [-0.4, -0.2) is 19.6 Å². The fourth-order valence-corrected chi connectivity index (χ4v) is 3.06. The van der Waals surface area contributed by atoms with Gasteiger partial charge in [-0.3, -0.25) is 0 Å². The minimum Gasteiger partial charge on any atom is -0.489 e. The van der Waals surface area contributed by atoms with E-state index in [1.54, 1.807) is 0 Å². The van der Waals surface area contributed by atoms with Crippen LogP contribution in [0.4, 0.5) is 0 Å². The van der Waals surface area contributed by atoms with E-state index in [9.17, 15) is 0 Å². The van der Waals surface area contributed by atoms with Crippen molar-refractivity contribution < 1.29 is 9.47 Å². The Bertz CT molecular complexity index is 640. The van der Waals surface area contributed by atoms with E-state index in [4.69, 9.17) is 15.2 Å². The molecule has 1 atom stereocenters. The van der Waals surface area contributed by atoms with Gasteiger partial charge < -0.3 is 20.5 Å². The fourth-order valence-electron chi connectivity index (χ4n) is 3.06. The average Bonchev–Trinajstić information content (AvgIpc) is 3.15. The van der Waals surface area contributed by atoms with E-state index in [0.29, 0.717) is 6.61 Å². The molecule has 0 radical (unpaired) electrons. The fraction of sp³-hybridized carbons (Fsp3) is 0.429. The Morgan fingerprint density at radius 2 is 2.04 bits per heavy atom. The summed E-state index contributed by atoms with van der Waals surface area (Å²) in [5.74, 6) is 2.74. The molecule has 25 heavy (non-hydrogen) atoms. The molecular weight excluding hydrogens is 312 g/mol. The molecule has 0 spiro atoms. The molecule has 3 N–H and O–H groups in total. The second kappa shape index (κ2) is 9.44. The largest absolute Gasteiger partial charge is 0.489 e.